The van der Waals surface area contributed by atoms with Gasteiger partial charge in [-0.25, -0.2) is 14.4 Å². The van der Waals surface area contributed by atoms with Gasteiger partial charge in [0, 0.05) is 13.0 Å². The van der Waals surface area contributed by atoms with E-state index >= 15 is 0 Å². The zero-order valence-electron chi connectivity index (χ0n) is 22.4. The summed E-state index contributed by atoms with van der Waals surface area (Å²) in [4.78, 5) is 96.0. The molecule has 2 aromatic carbocycles. The highest BCUT2D eigenvalue weighted by atomic mass is 16.4. The molecule has 224 valence electrons. The van der Waals surface area contributed by atoms with Crippen LogP contribution >= 0.6 is 0 Å². The molecular weight excluding hydrogens is 566 g/mol. The summed E-state index contributed by atoms with van der Waals surface area (Å²) in [7, 11) is 0. The molecule has 16 nitrogen and oxygen atoms in total. The number of β-amino-alcohol motifs (C(OH)–C–C–N with tert-alkyl or cyclic N) is 1. The average Bonchev–Trinajstić information content (AvgIpc) is 3.38. The first-order valence-corrected chi connectivity index (χ1v) is 13.2. The predicted octanol–water partition coefficient (Wildman–Crippen LogP) is -2.75. The van der Waals surface area contributed by atoms with E-state index in [1.807, 2.05) is 0 Å². The number of carbonyl (C=O) groups is 3. The van der Waals surface area contributed by atoms with Crippen molar-refractivity contribution in [3.63, 3.8) is 0 Å². The fraction of sp³-hybridized carbons (Fsp3) is 0.296. The normalized spacial score (nSPS) is 18.0. The van der Waals surface area contributed by atoms with Gasteiger partial charge in [-0.15, -0.1) is 0 Å². The SMILES string of the molecule is N[C@H](Cn1c(=O)[nH]c2ccccc2c1=O)C(=O)N[C@H](Cn1c(=O)[nH]c2ccccc2c1=O)C(=O)N1C[C@H](O)C[C@H]1C(=O)O. The average molecular weight is 594 g/mol. The molecule has 5 rings (SSSR count). The number of aromatic nitrogens is 4. The van der Waals surface area contributed by atoms with Crippen molar-refractivity contribution in [3.05, 3.63) is 90.2 Å². The van der Waals surface area contributed by atoms with Crippen LogP contribution < -0.4 is 33.5 Å². The smallest absolute Gasteiger partial charge is 0.328 e. The van der Waals surface area contributed by atoms with Gasteiger partial charge in [0.15, 0.2) is 0 Å². The zero-order valence-corrected chi connectivity index (χ0v) is 22.4. The van der Waals surface area contributed by atoms with Gasteiger partial charge in [-0.05, 0) is 24.3 Å². The van der Waals surface area contributed by atoms with Gasteiger partial charge in [0.2, 0.25) is 11.8 Å². The molecule has 0 bridgehead atoms. The van der Waals surface area contributed by atoms with Crippen LogP contribution in [0.2, 0.25) is 0 Å². The van der Waals surface area contributed by atoms with E-state index in [1.54, 1.807) is 24.3 Å². The Balaban J connectivity index is 1.47. The summed E-state index contributed by atoms with van der Waals surface area (Å²) < 4.78 is 1.40. The lowest BCUT2D eigenvalue weighted by molar-refractivity contribution is -0.149. The molecule has 1 aliphatic heterocycles. The van der Waals surface area contributed by atoms with Crippen molar-refractivity contribution < 1.29 is 24.6 Å². The third kappa shape index (κ3) is 5.60. The van der Waals surface area contributed by atoms with E-state index in [2.05, 4.69) is 15.3 Å². The minimum absolute atomic E-state index is 0.117. The fourth-order valence-electron chi connectivity index (χ4n) is 5.15. The standard InChI is InChI=1S/C27H27N7O9/c28-16(11-33-22(37)14-5-1-3-7-17(14)30-26(33)42)21(36)29-19(24(39)32-10-13(35)9-20(32)25(40)41)12-34-23(38)15-6-2-4-8-18(15)31-27(34)43/h1-8,13,16,19-20,35H,9-12,28H2,(H,29,36)(H,30,42)(H,31,43)(H,40,41)/t13-,16-,19-,20+/m1/s1. The third-order valence-electron chi connectivity index (χ3n) is 7.32. The van der Waals surface area contributed by atoms with E-state index in [-0.39, 0.29) is 34.8 Å². The third-order valence-corrected chi connectivity index (χ3v) is 7.32. The van der Waals surface area contributed by atoms with E-state index in [0.717, 1.165) is 9.47 Å². The first-order valence-electron chi connectivity index (χ1n) is 13.2. The molecule has 0 saturated carbocycles. The minimum atomic E-state index is -1.70. The van der Waals surface area contributed by atoms with Gasteiger partial charge in [0.05, 0.1) is 41.0 Å². The van der Waals surface area contributed by atoms with Gasteiger partial charge in [-0.2, -0.15) is 0 Å². The number of H-pyrrole nitrogens is 2. The van der Waals surface area contributed by atoms with Crippen LogP contribution in [-0.4, -0.2) is 82.8 Å². The van der Waals surface area contributed by atoms with Crippen molar-refractivity contribution in [1.82, 2.24) is 29.3 Å². The number of amides is 2. The number of fused-ring (bicyclic) bond motifs is 2. The second-order valence-electron chi connectivity index (χ2n) is 10.2. The van der Waals surface area contributed by atoms with E-state index in [9.17, 15) is 43.8 Å². The molecule has 7 N–H and O–H groups in total. The number of aliphatic hydroxyl groups is 1. The lowest BCUT2D eigenvalue weighted by Crippen LogP contribution is -2.58. The Morgan fingerprint density at radius 2 is 1.40 bits per heavy atom. The lowest BCUT2D eigenvalue weighted by atomic mass is 10.1. The number of nitrogens with zero attached hydrogens (tertiary/aromatic N) is 3. The molecule has 1 fully saturated rings. The summed E-state index contributed by atoms with van der Waals surface area (Å²) in [6, 6.07) is 7.65. The number of likely N-dealkylation sites (tertiary alicyclic amines) is 1. The molecule has 0 radical (unpaired) electrons. The number of hydrogen-bond acceptors (Lipinski definition) is 9. The molecule has 4 atom stereocenters. The molecule has 3 heterocycles. The highest BCUT2D eigenvalue weighted by Gasteiger charge is 2.42. The number of aromatic amines is 2. The predicted molar refractivity (Wildman–Crippen MR) is 151 cm³/mol. The van der Waals surface area contributed by atoms with Crippen LogP contribution in [0.3, 0.4) is 0 Å². The quantitative estimate of drug-likeness (QED) is 0.123. The number of rotatable bonds is 8. The summed E-state index contributed by atoms with van der Waals surface area (Å²) in [6.45, 7) is -1.69. The van der Waals surface area contributed by atoms with Gasteiger partial charge >= 0.3 is 17.3 Å². The molecule has 43 heavy (non-hydrogen) atoms. The van der Waals surface area contributed by atoms with E-state index in [4.69, 9.17) is 5.73 Å². The van der Waals surface area contributed by atoms with Crippen molar-refractivity contribution in [2.45, 2.75) is 43.7 Å². The Hall–Kier alpha value is -5.35. The number of aliphatic hydroxyl groups excluding tert-OH is 1. The topological polar surface area (TPSA) is 243 Å². The monoisotopic (exact) mass is 593 g/mol. The first kappa shape index (κ1) is 29.2. The van der Waals surface area contributed by atoms with Crippen LogP contribution in [0.1, 0.15) is 6.42 Å². The molecule has 0 aliphatic carbocycles. The van der Waals surface area contributed by atoms with E-state index < -0.39 is 77.6 Å². The lowest BCUT2D eigenvalue weighted by Gasteiger charge is -2.28. The number of para-hydroxylation sites is 2. The van der Waals surface area contributed by atoms with Crippen molar-refractivity contribution >= 4 is 39.6 Å². The Morgan fingerprint density at radius 3 is 1.93 bits per heavy atom. The zero-order chi connectivity index (χ0) is 31.0. The van der Waals surface area contributed by atoms with Crippen molar-refractivity contribution in [2.24, 2.45) is 5.73 Å². The Morgan fingerprint density at radius 1 is 0.884 bits per heavy atom. The van der Waals surface area contributed by atoms with Crippen LogP contribution in [0.25, 0.3) is 21.8 Å². The maximum Gasteiger partial charge on any atom is 0.328 e. The van der Waals surface area contributed by atoms with Crippen LogP contribution in [0, 0.1) is 0 Å². The number of hydrogen-bond donors (Lipinski definition) is 6. The van der Waals surface area contributed by atoms with Crippen molar-refractivity contribution in [3.8, 4) is 0 Å². The maximum atomic E-state index is 13.6. The van der Waals surface area contributed by atoms with Crippen LogP contribution in [-0.2, 0) is 27.5 Å². The second kappa shape index (κ2) is 11.5. The van der Waals surface area contributed by atoms with Gasteiger partial charge in [0.1, 0.15) is 18.1 Å². The number of benzene rings is 2. The van der Waals surface area contributed by atoms with Crippen LogP contribution in [0.4, 0.5) is 0 Å². The van der Waals surface area contributed by atoms with E-state index in [1.165, 1.54) is 24.3 Å². The number of nitrogens with one attached hydrogen (secondary N) is 3. The molecule has 2 amide bonds. The van der Waals surface area contributed by atoms with Gasteiger partial charge < -0.3 is 36.1 Å². The molecular formula is C27H27N7O9. The number of nitrogens with two attached hydrogens (primary N) is 1. The number of carbonyl (C=O) groups excluding carboxylic acids is 2. The maximum absolute atomic E-state index is 13.6. The minimum Gasteiger partial charge on any atom is -0.480 e. The fourth-order valence-corrected chi connectivity index (χ4v) is 5.15. The van der Waals surface area contributed by atoms with Gasteiger partial charge in [0.25, 0.3) is 11.1 Å². The Labute approximate surface area is 240 Å². The summed E-state index contributed by atoms with van der Waals surface area (Å²) in [5, 5.41) is 22.3. The Bertz CT molecular complexity index is 1990. The van der Waals surface area contributed by atoms with Crippen LogP contribution in [0.5, 0.6) is 0 Å². The molecule has 0 unspecified atom stereocenters. The number of carboxylic acid groups (broad SMARTS) is 1. The molecule has 16 heteroatoms. The van der Waals surface area contributed by atoms with Crippen LogP contribution in [0.15, 0.2) is 67.7 Å². The Kier molecular flexibility index (Phi) is 7.79. The molecule has 2 aromatic heterocycles. The molecule has 1 saturated heterocycles. The molecule has 1 aliphatic rings. The first-order chi connectivity index (χ1) is 20.5. The van der Waals surface area contributed by atoms with Gasteiger partial charge in [-0.1, -0.05) is 24.3 Å². The number of carboxylic acids is 1. The van der Waals surface area contributed by atoms with E-state index in [0.29, 0.717) is 4.57 Å². The molecule has 4 aromatic rings. The van der Waals surface area contributed by atoms with Gasteiger partial charge in [-0.3, -0.25) is 28.3 Å². The summed E-state index contributed by atoms with van der Waals surface area (Å²) in [6.07, 6.45) is -1.44. The highest BCUT2D eigenvalue weighted by Crippen LogP contribution is 2.20. The number of aliphatic carboxylic acids is 1. The van der Waals surface area contributed by atoms with Crippen molar-refractivity contribution in [1.29, 1.82) is 0 Å². The summed E-state index contributed by atoms with van der Waals surface area (Å²) in [5.74, 6) is -3.43. The van der Waals surface area contributed by atoms with Crippen molar-refractivity contribution in [2.75, 3.05) is 6.54 Å². The largest absolute Gasteiger partial charge is 0.480 e. The second-order valence-corrected chi connectivity index (χ2v) is 10.2. The summed E-state index contributed by atoms with van der Waals surface area (Å²) in [5.41, 5.74) is 3.35. The highest BCUT2D eigenvalue weighted by molar-refractivity contribution is 5.92. The summed E-state index contributed by atoms with van der Waals surface area (Å²) >= 11 is 0. The molecule has 0 spiro atoms.